The van der Waals surface area contributed by atoms with Gasteiger partial charge in [0.25, 0.3) is 0 Å². The first-order valence-electron chi connectivity index (χ1n) is 6.24. The van der Waals surface area contributed by atoms with Crippen molar-refractivity contribution in [2.75, 3.05) is 6.54 Å². The Labute approximate surface area is 126 Å². The summed E-state index contributed by atoms with van der Waals surface area (Å²) in [5.41, 5.74) is 7.56. The van der Waals surface area contributed by atoms with Crippen LogP contribution in [0.25, 0.3) is 5.65 Å². The zero-order valence-electron chi connectivity index (χ0n) is 10.7. The summed E-state index contributed by atoms with van der Waals surface area (Å²) >= 11 is 7.81. The molecule has 3 aromatic rings. The fraction of sp³-hybridized carbons (Fsp3) is 0.143. The first kappa shape index (κ1) is 13.4. The molecule has 0 atom stereocenters. The molecule has 0 bridgehead atoms. The first-order chi connectivity index (χ1) is 9.79. The number of nitrogens with two attached hydrogens (primary N) is 1. The minimum absolute atomic E-state index is 0.567. The molecular formula is C14H13ClN4S. The van der Waals surface area contributed by atoms with Gasteiger partial charge in [0.1, 0.15) is 0 Å². The summed E-state index contributed by atoms with van der Waals surface area (Å²) in [6.45, 7) is 0.567. The Morgan fingerprint density at radius 2 is 2.05 bits per heavy atom. The minimum atomic E-state index is 0.567. The highest BCUT2D eigenvalue weighted by Gasteiger charge is 2.11. The second kappa shape index (κ2) is 5.83. The molecular weight excluding hydrogens is 292 g/mol. The monoisotopic (exact) mass is 304 g/mol. The third kappa shape index (κ3) is 2.52. The van der Waals surface area contributed by atoms with Crippen molar-refractivity contribution in [3.8, 4) is 0 Å². The van der Waals surface area contributed by atoms with Crippen LogP contribution in [0.3, 0.4) is 0 Å². The molecule has 0 amide bonds. The van der Waals surface area contributed by atoms with Crippen LogP contribution in [0.4, 0.5) is 0 Å². The second-order valence-corrected chi connectivity index (χ2v) is 5.68. The summed E-state index contributed by atoms with van der Waals surface area (Å²) in [4.78, 5) is 1.07. The Balaban J connectivity index is 2.01. The topological polar surface area (TPSA) is 56.2 Å². The van der Waals surface area contributed by atoms with Crippen LogP contribution in [0.5, 0.6) is 0 Å². The fourth-order valence-corrected chi connectivity index (χ4v) is 3.35. The van der Waals surface area contributed by atoms with Gasteiger partial charge < -0.3 is 5.73 Å². The third-order valence-corrected chi connectivity index (χ3v) is 4.37. The van der Waals surface area contributed by atoms with Crippen molar-refractivity contribution < 1.29 is 0 Å². The average molecular weight is 305 g/mol. The Morgan fingerprint density at radius 3 is 2.90 bits per heavy atom. The Bertz CT molecular complexity index is 741. The van der Waals surface area contributed by atoms with E-state index < -0.39 is 0 Å². The molecule has 3 rings (SSSR count). The molecule has 0 radical (unpaired) electrons. The van der Waals surface area contributed by atoms with Gasteiger partial charge in [0.15, 0.2) is 10.8 Å². The third-order valence-electron chi connectivity index (χ3n) is 2.95. The van der Waals surface area contributed by atoms with Gasteiger partial charge in [0.05, 0.1) is 0 Å². The van der Waals surface area contributed by atoms with E-state index in [1.165, 1.54) is 0 Å². The summed E-state index contributed by atoms with van der Waals surface area (Å²) in [6, 6.07) is 11.7. The first-order valence-corrected chi connectivity index (χ1v) is 7.44. The molecule has 102 valence electrons. The summed E-state index contributed by atoms with van der Waals surface area (Å²) in [5.74, 6) is 0. The van der Waals surface area contributed by atoms with Crippen molar-refractivity contribution in [2.24, 2.45) is 5.73 Å². The Hall–Kier alpha value is -1.56. The van der Waals surface area contributed by atoms with Crippen molar-refractivity contribution in [3.63, 3.8) is 0 Å². The number of fused-ring (bicyclic) bond motifs is 1. The van der Waals surface area contributed by atoms with Crippen LogP contribution in [0.2, 0.25) is 5.02 Å². The maximum absolute atomic E-state index is 6.25. The van der Waals surface area contributed by atoms with Crippen LogP contribution >= 0.6 is 23.4 Å². The normalized spacial score (nSPS) is 11.1. The molecule has 2 N–H and O–H groups in total. The molecule has 0 aliphatic rings. The van der Waals surface area contributed by atoms with Gasteiger partial charge in [-0.2, -0.15) is 0 Å². The van der Waals surface area contributed by atoms with E-state index in [9.17, 15) is 0 Å². The van der Waals surface area contributed by atoms with E-state index in [1.807, 2.05) is 47.0 Å². The van der Waals surface area contributed by atoms with Gasteiger partial charge >= 0.3 is 0 Å². The highest BCUT2D eigenvalue weighted by atomic mass is 35.5. The maximum Gasteiger partial charge on any atom is 0.200 e. The molecule has 0 fully saturated rings. The standard InChI is InChI=1S/C14H13ClN4S/c15-11-4-3-5-12(10(11)7-8-16)20-14-18-17-13-6-1-2-9-19(13)14/h1-6,9H,7-8,16H2. The predicted octanol–water partition coefficient (Wildman–Crippen LogP) is 3.04. The van der Waals surface area contributed by atoms with E-state index in [0.29, 0.717) is 6.54 Å². The van der Waals surface area contributed by atoms with Crippen molar-refractivity contribution in [2.45, 2.75) is 16.5 Å². The van der Waals surface area contributed by atoms with Crippen LogP contribution in [0.1, 0.15) is 5.56 Å². The lowest BCUT2D eigenvalue weighted by Crippen LogP contribution is -2.04. The maximum atomic E-state index is 6.25. The summed E-state index contributed by atoms with van der Waals surface area (Å²) < 4.78 is 1.96. The largest absolute Gasteiger partial charge is 0.330 e. The quantitative estimate of drug-likeness (QED) is 0.805. The lowest BCUT2D eigenvalue weighted by Gasteiger charge is -2.09. The lowest BCUT2D eigenvalue weighted by molar-refractivity contribution is 0.912. The average Bonchev–Trinajstić information content (AvgIpc) is 2.86. The van der Waals surface area contributed by atoms with Crippen LogP contribution < -0.4 is 5.73 Å². The van der Waals surface area contributed by atoms with Crippen LogP contribution in [-0.2, 0) is 6.42 Å². The van der Waals surface area contributed by atoms with Gasteiger partial charge in [-0.15, -0.1) is 10.2 Å². The molecule has 20 heavy (non-hydrogen) atoms. The van der Waals surface area contributed by atoms with Crippen molar-refractivity contribution in [1.82, 2.24) is 14.6 Å². The van der Waals surface area contributed by atoms with E-state index >= 15 is 0 Å². The molecule has 4 nitrogen and oxygen atoms in total. The number of nitrogens with zero attached hydrogens (tertiary/aromatic N) is 3. The second-order valence-electron chi connectivity index (χ2n) is 4.27. The SMILES string of the molecule is NCCc1c(Cl)cccc1Sc1nnc2ccccn12. The van der Waals surface area contributed by atoms with Gasteiger partial charge in [0.2, 0.25) is 0 Å². The van der Waals surface area contributed by atoms with E-state index in [-0.39, 0.29) is 0 Å². The summed E-state index contributed by atoms with van der Waals surface area (Å²) in [5, 5.41) is 9.94. The van der Waals surface area contributed by atoms with Crippen LogP contribution in [-0.4, -0.2) is 21.1 Å². The molecule has 2 aromatic heterocycles. The zero-order chi connectivity index (χ0) is 13.9. The van der Waals surface area contributed by atoms with E-state index in [4.69, 9.17) is 17.3 Å². The molecule has 2 heterocycles. The van der Waals surface area contributed by atoms with Crippen molar-refractivity contribution in [3.05, 3.63) is 53.2 Å². The predicted molar refractivity (Wildman–Crippen MR) is 81.3 cm³/mol. The number of aromatic nitrogens is 3. The van der Waals surface area contributed by atoms with Crippen LogP contribution in [0, 0.1) is 0 Å². The summed E-state index contributed by atoms with van der Waals surface area (Å²) in [6.07, 6.45) is 2.70. The number of rotatable bonds is 4. The Morgan fingerprint density at radius 1 is 1.15 bits per heavy atom. The van der Waals surface area contributed by atoms with Gasteiger partial charge in [-0.05, 0) is 54.6 Å². The van der Waals surface area contributed by atoms with Crippen LogP contribution in [0.15, 0.2) is 52.6 Å². The van der Waals surface area contributed by atoms with E-state index in [1.54, 1.807) is 11.8 Å². The van der Waals surface area contributed by atoms with E-state index in [0.717, 1.165) is 32.7 Å². The zero-order valence-corrected chi connectivity index (χ0v) is 12.2. The molecule has 0 unspecified atom stereocenters. The minimum Gasteiger partial charge on any atom is -0.330 e. The number of pyridine rings is 1. The molecule has 1 aromatic carbocycles. The molecule has 0 saturated heterocycles. The Kier molecular flexibility index (Phi) is 3.91. The highest BCUT2D eigenvalue weighted by molar-refractivity contribution is 7.99. The molecule has 0 spiro atoms. The van der Waals surface area contributed by atoms with E-state index in [2.05, 4.69) is 10.2 Å². The summed E-state index contributed by atoms with van der Waals surface area (Å²) in [7, 11) is 0. The van der Waals surface area contributed by atoms with Gasteiger partial charge in [0, 0.05) is 16.1 Å². The fourth-order valence-electron chi connectivity index (χ4n) is 2.01. The molecule has 0 aliphatic carbocycles. The molecule has 6 heteroatoms. The van der Waals surface area contributed by atoms with Crippen molar-refractivity contribution >= 4 is 29.0 Å². The van der Waals surface area contributed by atoms with Gasteiger partial charge in [-0.25, -0.2) is 0 Å². The molecule has 0 aliphatic heterocycles. The van der Waals surface area contributed by atoms with Crippen molar-refractivity contribution in [1.29, 1.82) is 0 Å². The lowest BCUT2D eigenvalue weighted by atomic mass is 10.1. The number of halogens is 1. The number of hydrogen-bond donors (Lipinski definition) is 1. The number of hydrogen-bond acceptors (Lipinski definition) is 4. The highest BCUT2D eigenvalue weighted by Crippen LogP contribution is 2.33. The number of benzene rings is 1. The smallest absolute Gasteiger partial charge is 0.200 e. The van der Waals surface area contributed by atoms with Gasteiger partial charge in [-0.3, -0.25) is 4.40 Å². The van der Waals surface area contributed by atoms with Gasteiger partial charge in [-0.1, -0.05) is 23.7 Å². The molecule has 0 saturated carbocycles.